The average molecular weight is 247 g/mol. The third kappa shape index (κ3) is 1.70. The summed E-state index contributed by atoms with van der Waals surface area (Å²) < 4.78 is 4.72. The number of nitrogens with zero attached hydrogens (tertiary/aromatic N) is 3. The second-order valence-electron chi connectivity index (χ2n) is 4.45. The van der Waals surface area contributed by atoms with Gasteiger partial charge in [-0.25, -0.2) is 9.42 Å². The van der Waals surface area contributed by atoms with E-state index >= 15 is 0 Å². The number of hydrogen-bond donors (Lipinski definition) is 1. The van der Waals surface area contributed by atoms with Crippen molar-refractivity contribution in [2.45, 2.75) is 25.3 Å². The summed E-state index contributed by atoms with van der Waals surface area (Å²) in [6, 6.07) is 5.03. The molecule has 2 heterocycles. The molecule has 1 unspecified atom stereocenters. The molecule has 6 nitrogen and oxygen atoms in total. The van der Waals surface area contributed by atoms with Crippen LogP contribution >= 0.6 is 0 Å². The van der Waals surface area contributed by atoms with E-state index in [4.69, 9.17) is 4.63 Å². The zero-order chi connectivity index (χ0) is 12.5. The summed E-state index contributed by atoms with van der Waals surface area (Å²) in [4.78, 5) is 13.2. The van der Waals surface area contributed by atoms with Gasteiger partial charge in [-0.1, -0.05) is 6.07 Å². The quantitative estimate of drug-likeness (QED) is 0.869. The number of carboxylic acid groups (broad SMARTS) is 1. The van der Waals surface area contributed by atoms with Gasteiger partial charge in [-0.15, -0.1) is 0 Å². The van der Waals surface area contributed by atoms with Crippen LogP contribution in [0.3, 0.4) is 0 Å². The number of piperidine rings is 1. The van der Waals surface area contributed by atoms with Crippen molar-refractivity contribution in [3.8, 4) is 0 Å². The lowest BCUT2D eigenvalue weighted by Crippen LogP contribution is -2.44. The molecule has 1 fully saturated rings. The van der Waals surface area contributed by atoms with Crippen LogP contribution in [0.5, 0.6) is 0 Å². The first-order valence-corrected chi connectivity index (χ1v) is 5.98. The van der Waals surface area contributed by atoms with Gasteiger partial charge in [-0.05, 0) is 41.7 Å². The Morgan fingerprint density at radius 1 is 1.39 bits per heavy atom. The van der Waals surface area contributed by atoms with Gasteiger partial charge in [0.25, 0.3) is 0 Å². The third-order valence-electron chi connectivity index (χ3n) is 3.36. The number of rotatable bonds is 2. The van der Waals surface area contributed by atoms with E-state index in [1.165, 1.54) is 0 Å². The van der Waals surface area contributed by atoms with E-state index in [-0.39, 0.29) is 0 Å². The number of benzene rings is 1. The molecule has 0 amide bonds. The summed E-state index contributed by atoms with van der Waals surface area (Å²) in [5.41, 5.74) is 2.08. The Morgan fingerprint density at radius 2 is 2.28 bits per heavy atom. The molecule has 1 atom stereocenters. The zero-order valence-corrected chi connectivity index (χ0v) is 9.74. The highest BCUT2D eigenvalue weighted by molar-refractivity contribution is 5.90. The van der Waals surface area contributed by atoms with Crippen LogP contribution in [0.15, 0.2) is 22.8 Å². The number of hydrogen-bond acceptors (Lipinski definition) is 5. The molecule has 6 heteroatoms. The monoisotopic (exact) mass is 247 g/mol. The number of aromatic nitrogens is 2. The van der Waals surface area contributed by atoms with Gasteiger partial charge in [0.1, 0.15) is 11.6 Å². The number of carboxylic acids is 1. The molecule has 18 heavy (non-hydrogen) atoms. The van der Waals surface area contributed by atoms with Gasteiger partial charge in [0.2, 0.25) is 0 Å². The molecular formula is C12H13N3O3. The Labute approximate surface area is 103 Å². The van der Waals surface area contributed by atoms with E-state index in [1.54, 1.807) is 6.07 Å². The lowest BCUT2D eigenvalue weighted by Gasteiger charge is -2.34. The first kappa shape index (κ1) is 11.0. The Morgan fingerprint density at radius 3 is 3.11 bits per heavy atom. The summed E-state index contributed by atoms with van der Waals surface area (Å²) in [5, 5.41) is 16.9. The van der Waals surface area contributed by atoms with Crippen LogP contribution in [0.2, 0.25) is 0 Å². The van der Waals surface area contributed by atoms with Crippen LogP contribution < -0.4 is 4.90 Å². The van der Waals surface area contributed by atoms with Gasteiger partial charge in [0.05, 0.1) is 5.69 Å². The van der Waals surface area contributed by atoms with E-state index in [0.29, 0.717) is 17.5 Å². The molecule has 0 aliphatic carbocycles. The lowest BCUT2D eigenvalue weighted by atomic mass is 10.0. The van der Waals surface area contributed by atoms with Gasteiger partial charge in [-0.3, -0.25) is 0 Å². The van der Waals surface area contributed by atoms with Gasteiger partial charge < -0.3 is 10.0 Å². The van der Waals surface area contributed by atoms with Crippen molar-refractivity contribution in [3.63, 3.8) is 0 Å². The molecule has 94 valence electrons. The molecule has 1 aliphatic heterocycles. The molecule has 2 aromatic rings. The summed E-state index contributed by atoms with van der Waals surface area (Å²) in [7, 11) is 0. The fourth-order valence-electron chi connectivity index (χ4n) is 2.50. The van der Waals surface area contributed by atoms with Gasteiger partial charge in [0, 0.05) is 6.54 Å². The highest BCUT2D eigenvalue weighted by Crippen LogP contribution is 2.29. The molecule has 1 N–H and O–H groups in total. The number of aliphatic carboxylic acids is 1. The minimum absolute atomic E-state index is 0.485. The van der Waals surface area contributed by atoms with Gasteiger partial charge in [0.15, 0.2) is 5.52 Å². The number of fused-ring (bicyclic) bond motifs is 1. The van der Waals surface area contributed by atoms with Crippen LogP contribution in [0.1, 0.15) is 19.3 Å². The van der Waals surface area contributed by atoms with Crippen LogP contribution in [0, 0.1) is 0 Å². The van der Waals surface area contributed by atoms with E-state index < -0.39 is 12.0 Å². The number of carbonyl (C=O) groups is 1. The smallest absolute Gasteiger partial charge is 0.326 e. The average Bonchev–Trinajstić information content (AvgIpc) is 2.86. The normalized spacial score (nSPS) is 20.2. The maximum Gasteiger partial charge on any atom is 0.326 e. The highest BCUT2D eigenvalue weighted by Gasteiger charge is 2.30. The first-order valence-electron chi connectivity index (χ1n) is 5.98. The van der Waals surface area contributed by atoms with Crippen molar-refractivity contribution >= 4 is 22.7 Å². The molecule has 0 bridgehead atoms. The Kier molecular flexibility index (Phi) is 2.62. The van der Waals surface area contributed by atoms with Crippen LogP contribution in [0.4, 0.5) is 5.69 Å². The second-order valence-corrected chi connectivity index (χ2v) is 4.45. The Hall–Kier alpha value is -2.11. The lowest BCUT2D eigenvalue weighted by molar-refractivity contribution is -0.139. The predicted octanol–water partition coefficient (Wildman–Crippen LogP) is 1.67. The predicted molar refractivity (Wildman–Crippen MR) is 64.4 cm³/mol. The Bertz CT molecular complexity index is 581. The van der Waals surface area contributed by atoms with Crippen LogP contribution in [-0.4, -0.2) is 34.0 Å². The summed E-state index contributed by atoms with van der Waals surface area (Å²) in [6.45, 7) is 0.725. The maximum absolute atomic E-state index is 11.3. The largest absolute Gasteiger partial charge is 0.480 e. The second kappa shape index (κ2) is 4.29. The molecule has 1 aromatic carbocycles. The molecule has 0 radical (unpaired) electrons. The minimum atomic E-state index is -0.789. The van der Waals surface area contributed by atoms with Crippen molar-refractivity contribution in [1.29, 1.82) is 0 Å². The van der Waals surface area contributed by atoms with Crippen LogP contribution in [-0.2, 0) is 4.79 Å². The number of anilines is 1. The fourth-order valence-corrected chi connectivity index (χ4v) is 2.50. The van der Waals surface area contributed by atoms with Gasteiger partial charge in [-0.2, -0.15) is 0 Å². The van der Waals surface area contributed by atoms with Gasteiger partial charge >= 0.3 is 5.97 Å². The SMILES string of the molecule is O=C(O)C1CCCCN1c1cccc2nonc12. The van der Waals surface area contributed by atoms with Crippen molar-refractivity contribution in [2.75, 3.05) is 11.4 Å². The molecule has 0 spiro atoms. The first-order chi connectivity index (χ1) is 8.77. The van der Waals surface area contributed by atoms with E-state index in [1.807, 2.05) is 17.0 Å². The zero-order valence-electron chi connectivity index (χ0n) is 9.74. The molecule has 1 saturated heterocycles. The molecule has 1 aromatic heterocycles. The molecule has 1 aliphatic rings. The summed E-state index contributed by atoms with van der Waals surface area (Å²) in [6.07, 6.45) is 2.60. The topological polar surface area (TPSA) is 79.5 Å². The van der Waals surface area contributed by atoms with Crippen LogP contribution in [0.25, 0.3) is 11.0 Å². The highest BCUT2D eigenvalue weighted by atomic mass is 16.6. The molecular weight excluding hydrogens is 234 g/mol. The van der Waals surface area contributed by atoms with Crippen molar-refractivity contribution in [2.24, 2.45) is 0 Å². The van der Waals surface area contributed by atoms with Crippen molar-refractivity contribution in [1.82, 2.24) is 10.3 Å². The Balaban J connectivity index is 2.06. The van der Waals surface area contributed by atoms with Crippen molar-refractivity contribution < 1.29 is 14.5 Å². The molecule has 0 saturated carbocycles. The van der Waals surface area contributed by atoms with Crippen molar-refractivity contribution in [3.05, 3.63) is 18.2 Å². The standard InChI is InChI=1S/C12H13N3O3/c16-12(17)10-5-1-2-7-15(10)9-6-3-4-8-11(9)14-18-13-8/h3-4,6,10H,1-2,5,7H2,(H,16,17). The minimum Gasteiger partial charge on any atom is -0.480 e. The summed E-state index contributed by atoms with van der Waals surface area (Å²) in [5.74, 6) is -0.789. The van der Waals surface area contributed by atoms with E-state index in [2.05, 4.69) is 10.3 Å². The maximum atomic E-state index is 11.3. The third-order valence-corrected chi connectivity index (χ3v) is 3.36. The molecule has 3 rings (SSSR count). The van der Waals surface area contributed by atoms with E-state index in [0.717, 1.165) is 25.1 Å². The van der Waals surface area contributed by atoms with E-state index in [9.17, 15) is 9.90 Å². The summed E-state index contributed by atoms with van der Waals surface area (Å²) >= 11 is 0. The fraction of sp³-hybridized carbons (Fsp3) is 0.417.